The summed E-state index contributed by atoms with van der Waals surface area (Å²) in [5, 5.41) is 32.5. The standard InChI is InChI=1S/C9H12ClN3O4/c1-11-4-7(14)8(15)6-2-5(13(16)17)3-12-9(6)10/h2-3,7-8,11,14-15H,4H2,1H3. The maximum Gasteiger partial charge on any atom is 0.288 e. The number of aromatic nitrogens is 1. The van der Waals surface area contributed by atoms with Crippen molar-refractivity contribution in [3.05, 3.63) is 33.1 Å². The highest BCUT2D eigenvalue weighted by Crippen LogP contribution is 2.26. The van der Waals surface area contributed by atoms with Crippen molar-refractivity contribution in [2.75, 3.05) is 13.6 Å². The first-order valence-electron chi connectivity index (χ1n) is 4.78. The number of hydrogen-bond acceptors (Lipinski definition) is 6. The van der Waals surface area contributed by atoms with Crippen LogP contribution in [0.2, 0.25) is 5.15 Å². The van der Waals surface area contributed by atoms with Gasteiger partial charge < -0.3 is 15.5 Å². The van der Waals surface area contributed by atoms with Crippen LogP contribution < -0.4 is 5.32 Å². The van der Waals surface area contributed by atoms with Gasteiger partial charge in [-0.15, -0.1) is 0 Å². The van der Waals surface area contributed by atoms with Gasteiger partial charge in [-0.3, -0.25) is 10.1 Å². The second-order valence-corrected chi connectivity index (χ2v) is 3.76. The summed E-state index contributed by atoms with van der Waals surface area (Å²) in [5.41, 5.74) is -0.260. The normalized spacial score (nSPS) is 14.4. The molecule has 0 aliphatic heterocycles. The number of nitrogens with zero attached hydrogens (tertiary/aromatic N) is 2. The van der Waals surface area contributed by atoms with Crippen LogP contribution in [0.4, 0.5) is 5.69 Å². The molecule has 0 saturated carbocycles. The van der Waals surface area contributed by atoms with Gasteiger partial charge in [0.1, 0.15) is 17.5 Å². The van der Waals surface area contributed by atoms with E-state index >= 15 is 0 Å². The fraction of sp³-hybridized carbons (Fsp3) is 0.444. The van der Waals surface area contributed by atoms with Gasteiger partial charge in [-0.1, -0.05) is 11.6 Å². The number of aliphatic hydroxyl groups excluding tert-OH is 2. The molecular formula is C9H12ClN3O4. The highest BCUT2D eigenvalue weighted by atomic mass is 35.5. The zero-order valence-corrected chi connectivity index (χ0v) is 9.76. The Hall–Kier alpha value is -1.28. The Morgan fingerprint density at radius 2 is 2.29 bits per heavy atom. The van der Waals surface area contributed by atoms with Crippen LogP contribution in [0.25, 0.3) is 0 Å². The number of halogens is 1. The van der Waals surface area contributed by atoms with Crippen molar-refractivity contribution in [3.63, 3.8) is 0 Å². The lowest BCUT2D eigenvalue weighted by molar-refractivity contribution is -0.385. The Morgan fingerprint density at radius 3 is 2.82 bits per heavy atom. The van der Waals surface area contributed by atoms with Gasteiger partial charge >= 0.3 is 0 Å². The smallest absolute Gasteiger partial charge is 0.288 e. The Balaban J connectivity index is 3.03. The molecule has 1 rings (SSSR count). The molecule has 0 bridgehead atoms. The third-order valence-corrected chi connectivity index (χ3v) is 2.47. The predicted molar refractivity (Wildman–Crippen MR) is 60.8 cm³/mol. The number of nitrogens with one attached hydrogen (secondary N) is 1. The fourth-order valence-electron chi connectivity index (χ4n) is 1.29. The highest BCUT2D eigenvalue weighted by molar-refractivity contribution is 6.30. The van der Waals surface area contributed by atoms with E-state index in [4.69, 9.17) is 11.6 Å². The minimum absolute atomic E-state index is 0.0311. The van der Waals surface area contributed by atoms with E-state index in [9.17, 15) is 20.3 Å². The van der Waals surface area contributed by atoms with Gasteiger partial charge in [0.2, 0.25) is 0 Å². The summed E-state index contributed by atoms with van der Waals surface area (Å²) >= 11 is 5.71. The summed E-state index contributed by atoms with van der Waals surface area (Å²) in [4.78, 5) is 13.5. The molecule has 1 heterocycles. The van der Waals surface area contributed by atoms with E-state index in [1.165, 1.54) is 0 Å². The average Bonchev–Trinajstić information content (AvgIpc) is 2.28. The molecule has 8 heteroatoms. The van der Waals surface area contributed by atoms with Crippen molar-refractivity contribution >= 4 is 17.3 Å². The molecule has 0 spiro atoms. The Bertz CT molecular complexity index is 415. The van der Waals surface area contributed by atoms with Gasteiger partial charge in [0.15, 0.2) is 0 Å². The van der Waals surface area contributed by atoms with Crippen molar-refractivity contribution in [2.24, 2.45) is 0 Å². The molecule has 1 aromatic rings. The van der Waals surface area contributed by atoms with Crippen LogP contribution in [0, 0.1) is 10.1 Å². The van der Waals surface area contributed by atoms with Crippen molar-refractivity contribution in [1.29, 1.82) is 0 Å². The quantitative estimate of drug-likeness (QED) is 0.398. The molecule has 0 amide bonds. The second-order valence-electron chi connectivity index (χ2n) is 3.40. The van der Waals surface area contributed by atoms with E-state index in [1.54, 1.807) is 7.05 Å². The van der Waals surface area contributed by atoms with Crippen molar-refractivity contribution in [3.8, 4) is 0 Å². The van der Waals surface area contributed by atoms with E-state index < -0.39 is 17.1 Å². The molecule has 0 aromatic carbocycles. The Morgan fingerprint density at radius 1 is 1.65 bits per heavy atom. The highest BCUT2D eigenvalue weighted by Gasteiger charge is 2.23. The van der Waals surface area contributed by atoms with Crippen LogP contribution in [-0.4, -0.2) is 39.8 Å². The van der Waals surface area contributed by atoms with Gasteiger partial charge in [0, 0.05) is 18.2 Å². The molecule has 0 fully saturated rings. The number of pyridine rings is 1. The first kappa shape index (κ1) is 13.8. The number of rotatable bonds is 5. The zero-order valence-electron chi connectivity index (χ0n) is 9.00. The van der Waals surface area contributed by atoms with Crippen LogP contribution in [0.3, 0.4) is 0 Å². The van der Waals surface area contributed by atoms with Gasteiger partial charge in [-0.05, 0) is 7.05 Å². The fourth-order valence-corrected chi connectivity index (χ4v) is 1.50. The van der Waals surface area contributed by atoms with Crippen molar-refractivity contribution in [2.45, 2.75) is 12.2 Å². The second kappa shape index (κ2) is 5.87. The first-order valence-corrected chi connectivity index (χ1v) is 5.15. The van der Waals surface area contributed by atoms with E-state index in [2.05, 4.69) is 10.3 Å². The van der Waals surface area contributed by atoms with E-state index in [0.717, 1.165) is 12.3 Å². The number of aliphatic hydroxyl groups is 2. The molecule has 0 saturated heterocycles. The van der Waals surface area contributed by atoms with Crippen LogP contribution in [0.15, 0.2) is 12.3 Å². The Labute approximate surface area is 102 Å². The van der Waals surface area contributed by atoms with Crippen LogP contribution >= 0.6 is 11.6 Å². The topological polar surface area (TPSA) is 109 Å². The summed E-state index contributed by atoms with van der Waals surface area (Å²) < 4.78 is 0. The van der Waals surface area contributed by atoms with E-state index in [0.29, 0.717) is 0 Å². The summed E-state index contributed by atoms with van der Waals surface area (Å²) in [5.74, 6) is 0. The lowest BCUT2D eigenvalue weighted by Gasteiger charge is -2.18. The monoisotopic (exact) mass is 261 g/mol. The molecule has 0 aliphatic carbocycles. The molecule has 2 atom stereocenters. The third kappa shape index (κ3) is 3.34. The number of nitro groups is 1. The average molecular weight is 262 g/mol. The van der Waals surface area contributed by atoms with Crippen LogP contribution in [-0.2, 0) is 0 Å². The summed E-state index contributed by atoms with van der Waals surface area (Å²) in [6.45, 7) is 0.125. The lowest BCUT2D eigenvalue weighted by Crippen LogP contribution is -2.29. The van der Waals surface area contributed by atoms with Gasteiger partial charge in [0.05, 0.1) is 11.0 Å². The predicted octanol–water partition coefficient (Wildman–Crippen LogP) is 0.257. The maximum atomic E-state index is 10.5. The molecule has 0 aliphatic rings. The molecule has 17 heavy (non-hydrogen) atoms. The van der Waals surface area contributed by atoms with Crippen LogP contribution in [0.5, 0.6) is 0 Å². The minimum atomic E-state index is -1.33. The molecule has 94 valence electrons. The van der Waals surface area contributed by atoms with Crippen LogP contribution in [0.1, 0.15) is 11.7 Å². The maximum absolute atomic E-state index is 10.5. The molecule has 7 nitrogen and oxygen atoms in total. The van der Waals surface area contributed by atoms with E-state index in [-0.39, 0.29) is 22.9 Å². The molecular weight excluding hydrogens is 250 g/mol. The third-order valence-electron chi connectivity index (χ3n) is 2.16. The molecule has 1 aromatic heterocycles. The summed E-state index contributed by atoms with van der Waals surface area (Å²) in [6, 6.07) is 1.10. The summed E-state index contributed by atoms with van der Waals surface area (Å²) in [7, 11) is 1.60. The van der Waals surface area contributed by atoms with Crippen molar-refractivity contribution in [1.82, 2.24) is 10.3 Å². The summed E-state index contributed by atoms with van der Waals surface area (Å²) in [6.07, 6.45) is -1.47. The molecule has 3 N–H and O–H groups in total. The van der Waals surface area contributed by atoms with Gasteiger partial charge in [-0.2, -0.15) is 0 Å². The SMILES string of the molecule is CNCC(O)C(O)c1cc([N+](=O)[O-])cnc1Cl. The minimum Gasteiger partial charge on any atom is -0.389 e. The van der Waals surface area contributed by atoms with Crippen molar-refractivity contribution < 1.29 is 15.1 Å². The Kier molecular flexibility index (Phi) is 4.76. The van der Waals surface area contributed by atoms with Gasteiger partial charge in [-0.25, -0.2) is 4.98 Å². The van der Waals surface area contributed by atoms with E-state index in [1.807, 2.05) is 0 Å². The van der Waals surface area contributed by atoms with Gasteiger partial charge in [0.25, 0.3) is 5.69 Å². The molecule has 0 radical (unpaired) electrons. The first-order chi connectivity index (χ1) is 7.97. The number of likely N-dealkylation sites (N-methyl/N-ethyl adjacent to an activating group) is 1. The zero-order chi connectivity index (χ0) is 13.0. The lowest BCUT2D eigenvalue weighted by atomic mass is 10.1. The number of hydrogen-bond donors (Lipinski definition) is 3. The molecule has 2 unspecified atom stereocenters. The largest absolute Gasteiger partial charge is 0.389 e.